The van der Waals surface area contributed by atoms with Gasteiger partial charge in [-0.15, -0.1) is 0 Å². The summed E-state index contributed by atoms with van der Waals surface area (Å²) in [7, 11) is 0. The van der Waals surface area contributed by atoms with Crippen molar-refractivity contribution in [2.24, 2.45) is 0 Å². The van der Waals surface area contributed by atoms with Gasteiger partial charge in [0.05, 0.1) is 12.2 Å². The number of rotatable bonds is 1. The fourth-order valence-corrected chi connectivity index (χ4v) is 2.15. The quantitative estimate of drug-likeness (QED) is 0.784. The molecule has 1 aliphatic rings. The molecule has 0 aliphatic carbocycles. The maximum atomic E-state index is 5.68. The van der Waals surface area contributed by atoms with Crippen LogP contribution in [0.25, 0.3) is 0 Å². The predicted octanol–water partition coefficient (Wildman–Crippen LogP) is 2.46. The summed E-state index contributed by atoms with van der Waals surface area (Å²) in [5.41, 5.74) is 0. The number of ether oxygens (including phenoxy) is 1. The number of anilines is 1. The molecule has 15 heavy (non-hydrogen) atoms. The Kier molecular flexibility index (Phi) is 3.26. The normalized spacial score (nSPS) is 26.7. The minimum atomic E-state index is 0.277. The van der Waals surface area contributed by atoms with E-state index < -0.39 is 0 Å². The lowest BCUT2D eigenvalue weighted by molar-refractivity contribution is -0.00545. The second-order valence-corrected chi connectivity index (χ2v) is 4.91. The van der Waals surface area contributed by atoms with E-state index in [-0.39, 0.29) is 12.2 Å². The van der Waals surface area contributed by atoms with Crippen molar-refractivity contribution in [1.82, 2.24) is 4.98 Å². The standard InChI is InChI=1S/C11H15BrN2O/c1-8-6-14(7-9(2)15-8)11-4-3-10(12)5-13-11/h3-5,8-9H,6-7H2,1-2H3/t8-,9+. The van der Waals surface area contributed by atoms with Crippen molar-refractivity contribution in [2.45, 2.75) is 26.1 Å². The van der Waals surface area contributed by atoms with Gasteiger partial charge in [-0.2, -0.15) is 0 Å². The van der Waals surface area contributed by atoms with Gasteiger partial charge < -0.3 is 9.64 Å². The van der Waals surface area contributed by atoms with Crippen LogP contribution in [0.3, 0.4) is 0 Å². The summed E-state index contributed by atoms with van der Waals surface area (Å²) in [6, 6.07) is 4.06. The van der Waals surface area contributed by atoms with E-state index in [9.17, 15) is 0 Å². The lowest BCUT2D eigenvalue weighted by atomic mass is 10.2. The third-order valence-electron chi connectivity index (χ3n) is 2.46. The van der Waals surface area contributed by atoms with E-state index in [0.717, 1.165) is 23.4 Å². The van der Waals surface area contributed by atoms with E-state index in [4.69, 9.17) is 4.74 Å². The van der Waals surface area contributed by atoms with E-state index in [0.29, 0.717) is 0 Å². The molecule has 1 fully saturated rings. The number of morpholine rings is 1. The minimum absolute atomic E-state index is 0.277. The molecule has 2 rings (SSSR count). The number of hydrogen-bond acceptors (Lipinski definition) is 3. The van der Waals surface area contributed by atoms with Gasteiger partial charge in [0.1, 0.15) is 5.82 Å². The molecule has 2 heterocycles. The summed E-state index contributed by atoms with van der Waals surface area (Å²) < 4.78 is 6.70. The zero-order chi connectivity index (χ0) is 10.8. The van der Waals surface area contributed by atoms with Crippen LogP contribution in [0, 0.1) is 0 Å². The minimum Gasteiger partial charge on any atom is -0.372 e. The number of pyridine rings is 1. The summed E-state index contributed by atoms with van der Waals surface area (Å²) in [5.74, 6) is 1.03. The van der Waals surface area contributed by atoms with Gasteiger partial charge in [-0.3, -0.25) is 0 Å². The average molecular weight is 271 g/mol. The first-order valence-corrected chi connectivity index (χ1v) is 5.96. The summed E-state index contributed by atoms with van der Waals surface area (Å²) >= 11 is 3.39. The van der Waals surface area contributed by atoms with Gasteiger partial charge in [0.15, 0.2) is 0 Å². The highest BCUT2D eigenvalue weighted by molar-refractivity contribution is 9.10. The van der Waals surface area contributed by atoms with Crippen molar-refractivity contribution >= 4 is 21.7 Å². The molecule has 0 aromatic carbocycles. The zero-order valence-corrected chi connectivity index (χ0v) is 10.6. The molecule has 0 saturated carbocycles. The number of halogens is 1. The highest BCUT2D eigenvalue weighted by Crippen LogP contribution is 2.19. The van der Waals surface area contributed by atoms with Crippen molar-refractivity contribution in [3.63, 3.8) is 0 Å². The van der Waals surface area contributed by atoms with Gasteiger partial charge >= 0.3 is 0 Å². The van der Waals surface area contributed by atoms with Crippen molar-refractivity contribution in [3.8, 4) is 0 Å². The second kappa shape index (κ2) is 4.49. The van der Waals surface area contributed by atoms with E-state index in [2.05, 4.69) is 39.7 Å². The van der Waals surface area contributed by atoms with E-state index in [1.807, 2.05) is 18.3 Å². The van der Waals surface area contributed by atoms with Crippen molar-refractivity contribution in [1.29, 1.82) is 0 Å². The number of aromatic nitrogens is 1. The van der Waals surface area contributed by atoms with Crippen molar-refractivity contribution in [3.05, 3.63) is 22.8 Å². The molecule has 2 atom stereocenters. The molecular weight excluding hydrogens is 256 g/mol. The second-order valence-electron chi connectivity index (χ2n) is 4.00. The first kappa shape index (κ1) is 10.9. The van der Waals surface area contributed by atoms with E-state index >= 15 is 0 Å². The third kappa shape index (κ3) is 2.69. The van der Waals surface area contributed by atoms with Crippen LogP contribution in [0.1, 0.15) is 13.8 Å². The van der Waals surface area contributed by atoms with Gasteiger partial charge in [-0.25, -0.2) is 4.98 Å². The van der Waals surface area contributed by atoms with Gasteiger partial charge in [0, 0.05) is 23.8 Å². The molecule has 3 nitrogen and oxygen atoms in total. The Labute approximate surface area is 98.6 Å². The highest BCUT2D eigenvalue weighted by atomic mass is 79.9. The summed E-state index contributed by atoms with van der Waals surface area (Å²) in [4.78, 5) is 6.66. The molecule has 0 amide bonds. The zero-order valence-electron chi connectivity index (χ0n) is 8.98. The molecular formula is C11H15BrN2O. The van der Waals surface area contributed by atoms with Gasteiger partial charge in [0.2, 0.25) is 0 Å². The Balaban J connectivity index is 2.12. The lowest BCUT2D eigenvalue weighted by Crippen LogP contribution is -2.45. The maximum Gasteiger partial charge on any atom is 0.128 e. The van der Waals surface area contributed by atoms with Crippen LogP contribution in [-0.4, -0.2) is 30.3 Å². The molecule has 4 heteroatoms. The molecule has 0 N–H and O–H groups in total. The highest BCUT2D eigenvalue weighted by Gasteiger charge is 2.22. The lowest BCUT2D eigenvalue weighted by Gasteiger charge is -2.36. The summed E-state index contributed by atoms with van der Waals surface area (Å²) in [5, 5.41) is 0. The number of nitrogens with zero attached hydrogens (tertiary/aromatic N) is 2. The van der Waals surface area contributed by atoms with Crippen molar-refractivity contribution in [2.75, 3.05) is 18.0 Å². The van der Waals surface area contributed by atoms with Gasteiger partial charge in [-0.1, -0.05) is 0 Å². The van der Waals surface area contributed by atoms with Crippen LogP contribution in [0.15, 0.2) is 22.8 Å². The molecule has 0 bridgehead atoms. The van der Waals surface area contributed by atoms with Crippen LogP contribution in [0.2, 0.25) is 0 Å². The van der Waals surface area contributed by atoms with Gasteiger partial charge in [-0.05, 0) is 41.9 Å². The Bertz CT molecular complexity index is 318. The molecule has 82 valence electrons. The Hall–Kier alpha value is -0.610. The Morgan fingerprint density at radius 3 is 2.53 bits per heavy atom. The van der Waals surface area contributed by atoms with E-state index in [1.54, 1.807) is 0 Å². The number of hydrogen-bond donors (Lipinski definition) is 0. The SMILES string of the molecule is C[C@@H]1CN(c2ccc(Br)cn2)C[C@H](C)O1. The first-order valence-electron chi connectivity index (χ1n) is 5.17. The fourth-order valence-electron chi connectivity index (χ4n) is 1.92. The van der Waals surface area contributed by atoms with Crippen LogP contribution in [0.5, 0.6) is 0 Å². The topological polar surface area (TPSA) is 25.4 Å². The van der Waals surface area contributed by atoms with Crippen LogP contribution >= 0.6 is 15.9 Å². The average Bonchev–Trinajstić information content (AvgIpc) is 2.17. The third-order valence-corrected chi connectivity index (χ3v) is 2.92. The van der Waals surface area contributed by atoms with Crippen LogP contribution in [-0.2, 0) is 4.74 Å². The smallest absolute Gasteiger partial charge is 0.128 e. The van der Waals surface area contributed by atoms with Crippen molar-refractivity contribution < 1.29 is 4.74 Å². The molecule has 1 aromatic rings. The van der Waals surface area contributed by atoms with E-state index in [1.165, 1.54) is 0 Å². The maximum absolute atomic E-state index is 5.68. The Morgan fingerprint density at radius 2 is 2.00 bits per heavy atom. The monoisotopic (exact) mass is 270 g/mol. The molecule has 0 radical (unpaired) electrons. The summed E-state index contributed by atoms with van der Waals surface area (Å²) in [6.07, 6.45) is 2.39. The fraction of sp³-hybridized carbons (Fsp3) is 0.545. The first-order chi connectivity index (χ1) is 7.15. The molecule has 0 unspecified atom stereocenters. The largest absolute Gasteiger partial charge is 0.372 e. The van der Waals surface area contributed by atoms with Crippen LogP contribution < -0.4 is 4.90 Å². The van der Waals surface area contributed by atoms with Crippen LogP contribution in [0.4, 0.5) is 5.82 Å². The predicted molar refractivity (Wildman–Crippen MR) is 64.2 cm³/mol. The summed E-state index contributed by atoms with van der Waals surface area (Å²) in [6.45, 7) is 6.03. The van der Waals surface area contributed by atoms with Gasteiger partial charge in [0.25, 0.3) is 0 Å². The molecule has 1 aliphatic heterocycles. The molecule has 1 aromatic heterocycles. The molecule has 1 saturated heterocycles. The Morgan fingerprint density at radius 1 is 1.33 bits per heavy atom. The molecule has 0 spiro atoms.